The van der Waals surface area contributed by atoms with Gasteiger partial charge in [0, 0.05) is 23.2 Å². The molecule has 9 heteroatoms. The molecule has 1 fully saturated rings. The van der Waals surface area contributed by atoms with Crippen molar-refractivity contribution < 1.29 is 18.3 Å². The molecule has 1 aliphatic carbocycles. The Bertz CT molecular complexity index is 983. The molecule has 2 N–H and O–H groups in total. The van der Waals surface area contributed by atoms with Gasteiger partial charge in [0.1, 0.15) is 5.69 Å². The first-order valence-electron chi connectivity index (χ1n) is 8.71. The average Bonchev–Trinajstić information content (AvgIpc) is 3.44. The summed E-state index contributed by atoms with van der Waals surface area (Å²) in [5.74, 6) is -1.94. The number of nitrogens with zero attached hydrogens (tertiary/aromatic N) is 3. The lowest BCUT2D eigenvalue weighted by Gasteiger charge is -2.30. The molecule has 1 aromatic heterocycles. The van der Waals surface area contributed by atoms with Gasteiger partial charge in [0.2, 0.25) is 5.88 Å². The van der Waals surface area contributed by atoms with Crippen LogP contribution in [0.15, 0.2) is 29.5 Å². The Morgan fingerprint density at radius 2 is 2.14 bits per heavy atom. The maximum atomic E-state index is 14.7. The third-order valence-corrected chi connectivity index (χ3v) is 6.35. The second-order valence-electron chi connectivity index (χ2n) is 7.08. The van der Waals surface area contributed by atoms with Crippen molar-refractivity contribution in [3.63, 3.8) is 0 Å². The maximum absolute atomic E-state index is 14.7. The number of aromatic nitrogens is 2. The molecule has 1 aliphatic heterocycles. The number of ether oxygens (including phenoxy) is 1. The summed E-state index contributed by atoms with van der Waals surface area (Å²) in [7, 11) is 1.44. The minimum atomic E-state index is -1.01. The van der Waals surface area contributed by atoms with Crippen LogP contribution in [-0.2, 0) is 12.0 Å². The second kappa shape index (κ2) is 6.80. The number of rotatable bonds is 5. The van der Waals surface area contributed by atoms with Crippen LogP contribution >= 0.6 is 11.8 Å². The van der Waals surface area contributed by atoms with Crippen LogP contribution < -0.4 is 10.5 Å². The third kappa shape index (κ3) is 3.23. The van der Waals surface area contributed by atoms with Crippen LogP contribution in [0.5, 0.6) is 5.88 Å². The van der Waals surface area contributed by atoms with E-state index < -0.39 is 17.2 Å². The van der Waals surface area contributed by atoms with Crippen molar-refractivity contribution in [2.75, 3.05) is 7.11 Å². The zero-order valence-corrected chi connectivity index (χ0v) is 16.1. The van der Waals surface area contributed by atoms with Crippen molar-refractivity contribution in [2.45, 2.75) is 30.6 Å². The highest BCUT2D eigenvalue weighted by Gasteiger charge is 2.55. The first-order chi connectivity index (χ1) is 13.3. The number of amidine groups is 1. The Labute approximate surface area is 164 Å². The third-order valence-electron chi connectivity index (χ3n) is 5.19. The fraction of sp³-hybridized carbons (Fsp3) is 0.368. The molecular weight excluding hydrogens is 386 g/mol. The van der Waals surface area contributed by atoms with E-state index in [1.165, 1.54) is 37.3 Å². The van der Waals surface area contributed by atoms with Crippen molar-refractivity contribution in [3.05, 3.63) is 53.0 Å². The molecule has 28 heavy (non-hydrogen) atoms. The van der Waals surface area contributed by atoms with Gasteiger partial charge in [-0.15, -0.1) is 0 Å². The highest BCUT2D eigenvalue weighted by molar-refractivity contribution is 8.14. The number of halogens is 2. The molecule has 146 valence electrons. The minimum absolute atomic E-state index is 0.0945. The Hall–Kier alpha value is -2.55. The molecule has 2 heterocycles. The van der Waals surface area contributed by atoms with Gasteiger partial charge < -0.3 is 10.5 Å². The van der Waals surface area contributed by atoms with Gasteiger partial charge in [0.05, 0.1) is 25.0 Å². The zero-order chi connectivity index (χ0) is 20.1. The van der Waals surface area contributed by atoms with Crippen LogP contribution in [0.1, 0.15) is 35.0 Å². The van der Waals surface area contributed by atoms with Gasteiger partial charge >= 0.3 is 0 Å². The predicted molar refractivity (Wildman–Crippen MR) is 101 cm³/mol. The monoisotopic (exact) mass is 404 g/mol. The predicted octanol–water partition coefficient (Wildman–Crippen LogP) is 2.85. The topological polar surface area (TPSA) is 90.5 Å². The molecule has 1 saturated carbocycles. The molecule has 3 atom stereocenters. The molecule has 0 spiro atoms. The number of hydrogen-bond donors (Lipinski definition) is 1. The molecule has 4 rings (SSSR count). The maximum Gasteiger partial charge on any atom is 0.232 e. The van der Waals surface area contributed by atoms with Crippen molar-refractivity contribution in [1.29, 1.82) is 0 Å². The number of hydrogen-bond acceptors (Lipinski definition) is 7. The quantitative estimate of drug-likeness (QED) is 0.771. The summed E-state index contributed by atoms with van der Waals surface area (Å²) < 4.78 is 33.9. The molecule has 6 nitrogen and oxygen atoms in total. The molecule has 1 aromatic carbocycles. The Morgan fingerprint density at radius 1 is 1.36 bits per heavy atom. The van der Waals surface area contributed by atoms with Crippen LogP contribution in [0.4, 0.5) is 8.78 Å². The lowest BCUT2D eigenvalue weighted by Crippen LogP contribution is -2.32. The molecule has 0 radical (unpaired) electrons. The van der Waals surface area contributed by atoms with Gasteiger partial charge in [-0.1, -0.05) is 11.8 Å². The molecule has 2 aromatic rings. The average molecular weight is 404 g/mol. The number of carbonyl (C=O) groups is 1. The zero-order valence-electron chi connectivity index (χ0n) is 15.3. The van der Waals surface area contributed by atoms with E-state index in [2.05, 4.69) is 15.0 Å². The summed E-state index contributed by atoms with van der Waals surface area (Å²) in [4.78, 5) is 24.9. The van der Waals surface area contributed by atoms with E-state index in [9.17, 15) is 13.6 Å². The van der Waals surface area contributed by atoms with E-state index in [0.717, 1.165) is 12.5 Å². The van der Waals surface area contributed by atoms with E-state index >= 15 is 0 Å². The molecule has 0 saturated heterocycles. The van der Waals surface area contributed by atoms with E-state index in [0.29, 0.717) is 10.7 Å². The number of carbonyl (C=O) groups excluding carboxylic acids is 1. The van der Waals surface area contributed by atoms with Gasteiger partial charge in [0.25, 0.3) is 0 Å². The number of aliphatic imine (C=N–C) groups is 1. The van der Waals surface area contributed by atoms with Crippen LogP contribution in [0.3, 0.4) is 0 Å². The molecule has 2 aliphatic rings. The number of Topliss-reactive ketones (excluding diaryl/α,β-unsaturated/α-hetero) is 1. The summed E-state index contributed by atoms with van der Waals surface area (Å²) >= 11 is 1.47. The highest BCUT2D eigenvalue weighted by Crippen LogP contribution is 2.57. The number of benzene rings is 1. The number of methoxy groups -OCH3 is 1. The summed E-state index contributed by atoms with van der Waals surface area (Å²) in [5.41, 5.74) is 5.55. The number of thioether (sulfide) groups is 1. The standard InChI is InChI=1S/C19H18F2N4O2S/c1-19(10-6-15(10)28-18(22)25-19)11-3-9(4-12(20)17(11)21)5-14(26)13-7-24-16(27-2)8-23-13/h3-4,7-8,10,15H,5-6H2,1-2H3,(H2,22,25)/t10-,15+,19+/m1/s1. The lowest BCUT2D eigenvalue weighted by atomic mass is 9.85. The van der Waals surface area contributed by atoms with E-state index in [4.69, 9.17) is 10.5 Å². The number of nitrogens with two attached hydrogens (primary N) is 1. The largest absolute Gasteiger partial charge is 0.480 e. The Kier molecular flexibility index (Phi) is 4.57. The van der Waals surface area contributed by atoms with Crippen molar-refractivity contribution >= 4 is 22.7 Å². The van der Waals surface area contributed by atoms with Gasteiger partial charge in [-0.3, -0.25) is 9.79 Å². The summed E-state index contributed by atoms with van der Waals surface area (Å²) in [6.07, 6.45) is 3.33. The van der Waals surface area contributed by atoms with E-state index in [1.807, 2.05) is 0 Å². The summed E-state index contributed by atoms with van der Waals surface area (Å²) in [6.45, 7) is 1.77. The van der Waals surface area contributed by atoms with Crippen LogP contribution in [-0.4, -0.2) is 33.3 Å². The lowest BCUT2D eigenvalue weighted by molar-refractivity contribution is 0.0987. The van der Waals surface area contributed by atoms with E-state index in [1.54, 1.807) is 6.92 Å². The molecule has 0 unspecified atom stereocenters. The Morgan fingerprint density at radius 3 is 2.82 bits per heavy atom. The van der Waals surface area contributed by atoms with Crippen LogP contribution in [0, 0.1) is 17.6 Å². The second-order valence-corrected chi connectivity index (χ2v) is 8.34. The summed E-state index contributed by atoms with van der Waals surface area (Å²) in [5, 5.41) is 0.640. The van der Waals surface area contributed by atoms with Gasteiger partial charge in [0.15, 0.2) is 22.6 Å². The summed E-state index contributed by atoms with van der Waals surface area (Å²) in [6, 6.07) is 2.54. The van der Waals surface area contributed by atoms with Gasteiger partial charge in [-0.2, -0.15) is 0 Å². The highest BCUT2D eigenvalue weighted by atomic mass is 32.2. The van der Waals surface area contributed by atoms with E-state index in [-0.39, 0.29) is 40.5 Å². The SMILES string of the molecule is COc1cnc(C(=O)Cc2cc(F)c(F)c([C@@]3(C)N=C(N)S[C@H]4C[C@H]43)c2)cn1. The normalized spacial score (nSPS) is 25.6. The minimum Gasteiger partial charge on any atom is -0.480 e. The van der Waals surface area contributed by atoms with Crippen LogP contribution in [0.25, 0.3) is 0 Å². The molecule has 0 amide bonds. The number of fused-ring (bicyclic) bond motifs is 1. The van der Waals surface area contributed by atoms with Crippen molar-refractivity contribution in [3.8, 4) is 5.88 Å². The van der Waals surface area contributed by atoms with Gasteiger partial charge in [-0.05, 0) is 31.0 Å². The molecule has 0 bridgehead atoms. The fourth-order valence-electron chi connectivity index (χ4n) is 3.60. The molecular formula is C19H18F2N4O2S. The number of ketones is 1. The Balaban J connectivity index is 1.66. The first kappa shape index (κ1) is 18.8. The first-order valence-corrected chi connectivity index (χ1v) is 9.59. The fourth-order valence-corrected chi connectivity index (χ4v) is 4.89. The van der Waals surface area contributed by atoms with Gasteiger partial charge in [-0.25, -0.2) is 18.7 Å². The van der Waals surface area contributed by atoms with Crippen molar-refractivity contribution in [2.24, 2.45) is 16.6 Å². The smallest absolute Gasteiger partial charge is 0.232 e. The van der Waals surface area contributed by atoms with Crippen LogP contribution in [0.2, 0.25) is 0 Å². The van der Waals surface area contributed by atoms with Crippen molar-refractivity contribution in [1.82, 2.24) is 9.97 Å².